The fourth-order valence-corrected chi connectivity index (χ4v) is 2.52. The molecular formula is C14H16N2O2. The molecule has 0 saturated carbocycles. The van der Waals surface area contributed by atoms with E-state index >= 15 is 0 Å². The van der Waals surface area contributed by atoms with Crippen molar-refractivity contribution in [3.8, 4) is 11.3 Å². The molecule has 0 amide bonds. The summed E-state index contributed by atoms with van der Waals surface area (Å²) in [6.07, 6.45) is 5.20. The molecule has 0 saturated heterocycles. The largest absolute Gasteiger partial charge is 0.444 e. The molecule has 4 heteroatoms. The second-order valence-electron chi connectivity index (χ2n) is 4.44. The quantitative estimate of drug-likeness (QED) is 0.880. The molecule has 1 atom stereocenters. The predicted octanol–water partition coefficient (Wildman–Crippen LogP) is 2.30. The third kappa shape index (κ3) is 1.94. The van der Waals surface area contributed by atoms with Gasteiger partial charge < -0.3 is 14.9 Å². The third-order valence-electron chi connectivity index (χ3n) is 3.36. The van der Waals surface area contributed by atoms with Crippen molar-refractivity contribution in [1.82, 2.24) is 4.98 Å². The summed E-state index contributed by atoms with van der Waals surface area (Å²) in [6, 6.07) is 6.18. The minimum absolute atomic E-state index is 0.00892. The van der Waals surface area contributed by atoms with Crippen LogP contribution in [0.4, 0.5) is 0 Å². The van der Waals surface area contributed by atoms with E-state index in [0.717, 1.165) is 30.8 Å². The average Bonchev–Trinajstić information content (AvgIpc) is 2.85. The van der Waals surface area contributed by atoms with E-state index in [4.69, 9.17) is 14.9 Å². The highest BCUT2D eigenvalue weighted by Crippen LogP contribution is 2.33. The van der Waals surface area contributed by atoms with Crippen LogP contribution in [-0.2, 0) is 11.2 Å². The number of ether oxygens (including phenoxy) is 1. The van der Waals surface area contributed by atoms with Crippen LogP contribution in [0.5, 0.6) is 0 Å². The van der Waals surface area contributed by atoms with Crippen molar-refractivity contribution in [3.63, 3.8) is 0 Å². The summed E-state index contributed by atoms with van der Waals surface area (Å²) in [5.74, 6) is 0.810. The Kier molecular flexibility index (Phi) is 3.13. The molecule has 0 unspecified atom stereocenters. The highest BCUT2D eigenvalue weighted by molar-refractivity contribution is 5.63. The van der Waals surface area contributed by atoms with E-state index in [-0.39, 0.29) is 6.10 Å². The summed E-state index contributed by atoms with van der Waals surface area (Å²) in [6.45, 7) is 1.26. The van der Waals surface area contributed by atoms with Crippen molar-refractivity contribution in [1.29, 1.82) is 0 Å². The Hall–Kier alpha value is -1.65. The molecule has 4 nitrogen and oxygen atoms in total. The summed E-state index contributed by atoms with van der Waals surface area (Å²) in [4.78, 5) is 3.99. The predicted molar refractivity (Wildman–Crippen MR) is 68.0 cm³/mol. The Bertz CT molecular complexity index is 523. The number of fused-ring (bicyclic) bond motifs is 1. The van der Waals surface area contributed by atoms with Gasteiger partial charge in [-0.15, -0.1) is 0 Å². The molecule has 1 aliphatic heterocycles. The summed E-state index contributed by atoms with van der Waals surface area (Å²) in [5.41, 5.74) is 9.36. The van der Waals surface area contributed by atoms with Crippen molar-refractivity contribution in [2.75, 3.05) is 13.2 Å². The van der Waals surface area contributed by atoms with Gasteiger partial charge in [-0.25, -0.2) is 4.98 Å². The monoisotopic (exact) mass is 244 g/mol. The maximum Gasteiger partial charge on any atom is 0.181 e. The first kappa shape index (κ1) is 11.4. The molecule has 94 valence electrons. The molecule has 0 fully saturated rings. The molecule has 0 spiro atoms. The second-order valence-corrected chi connectivity index (χ2v) is 4.44. The molecule has 1 aromatic heterocycles. The lowest BCUT2D eigenvalue weighted by molar-refractivity contribution is 0.0627. The molecule has 2 N–H and O–H groups in total. The third-order valence-corrected chi connectivity index (χ3v) is 3.36. The first-order valence-electron chi connectivity index (χ1n) is 6.22. The highest BCUT2D eigenvalue weighted by Gasteiger charge is 2.21. The van der Waals surface area contributed by atoms with Gasteiger partial charge in [0.1, 0.15) is 0 Å². The van der Waals surface area contributed by atoms with E-state index in [1.54, 1.807) is 6.20 Å². The lowest BCUT2D eigenvalue weighted by atomic mass is 9.93. The molecule has 0 aliphatic carbocycles. The molecule has 2 aromatic rings. The van der Waals surface area contributed by atoms with Gasteiger partial charge in [0.2, 0.25) is 0 Å². The highest BCUT2D eigenvalue weighted by atomic mass is 16.5. The average molecular weight is 244 g/mol. The molecular weight excluding hydrogens is 228 g/mol. The Morgan fingerprint density at radius 1 is 1.39 bits per heavy atom. The van der Waals surface area contributed by atoms with E-state index < -0.39 is 0 Å². The topological polar surface area (TPSA) is 61.3 Å². The summed E-state index contributed by atoms with van der Waals surface area (Å²) < 4.78 is 11.2. The first-order chi connectivity index (χ1) is 8.90. The van der Waals surface area contributed by atoms with E-state index in [1.165, 1.54) is 17.5 Å². The maximum absolute atomic E-state index is 5.80. The number of hydrogen-bond donors (Lipinski definition) is 1. The second kappa shape index (κ2) is 4.92. The minimum Gasteiger partial charge on any atom is -0.444 e. The molecule has 0 radical (unpaired) electrons. The molecule has 18 heavy (non-hydrogen) atoms. The van der Waals surface area contributed by atoms with Crippen molar-refractivity contribution >= 4 is 0 Å². The van der Waals surface area contributed by atoms with Crippen molar-refractivity contribution in [2.24, 2.45) is 5.73 Å². The van der Waals surface area contributed by atoms with Crippen LogP contribution in [0.15, 0.2) is 35.2 Å². The number of nitrogens with two attached hydrogens (primary N) is 1. The van der Waals surface area contributed by atoms with Gasteiger partial charge in [-0.2, -0.15) is 0 Å². The SMILES string of the molecule is NC[C@@H]1OCCCc2c(-c3cnco3)cccc21. The Morgan fingerprint density at radius 2 is 2.33 bits per heavy atom. The number of hydrogen-bond acceptors (Lipinski definition) is 4. The van der Waals surface area contributed by atoms with Crippen molar-refractivity contribution < 1.29 is 9.15 Å². The van der Waals surface area contributed by atoms with Crippen LogP contribution >= 0.6 is 0 Å². The summed E-state index contributed by atoms with van der Waals surface area (Å²) >= 11 is 0. The number of benzene rings is 1. The van der Waals surface area contributed by atoms with Gasteiger partial charge in [-0.3, -0.25) is 0 Å². The van der Waals surface area contributed by atoms with Gasteiger partial charge in [0, 0.05) is 18.7 Å². The van der Waals surface area contributed by atoms with Gasteiger partial charge in [0.25, 0.3) is 0 Å². The van der Waals surface area contributed by atoms with Gasteiger partial charge in [0.05, 0.1) is 12.3 Å². The van der Waals surface area contributed by atoms with Crippen LogP contribution in [0.3, 0.4) is 0 Å². The normalized spacial score (nSPS) is 19.3. The molecule has 2 heterocycles. The van der Waals surface area contributed by atoms with Crippen LogP contribution in [0.1, 0.15) is 23.7 Å². The lowest BCUT2D eigenvalue weighted by Crippen LogP contribution is -2.16. The minimum atomic E-state index is -0.00892. The smallest absolute Gasteiger partial charge is 0.181 e. The molecule has 1 aliphatic rings. The Balaban J connectivity index is 2.12. The first-order valence-corrected chi connectivity index (χ1v) is 6.22. The number of rotatable bonds is 2. The summed E-state index contributed by atoms with van der Waals surface area (Å²) in [7, 11) is 0. The number of aromatic nitrogens is 1. The van der Waals surface area contributed by atoms with Gasteiger partial charge in [-0.1, -0.05) is 18.2 Å². The Morgan fingerprint density at radius 3 is 3.11 bits per heavy atom. The summed E-state index contributed by atoms with van der Waals surface area (Å²) in [5, 5.41) is 0. The van der Waals surface area contributed by atoms with E-state index in [2.05, 4.69) is 17.1 Å². The maximum atomic E-state index is 5.80. The van der Waals surface area contributed by atoms with Gasteiger partial charge in [-0.05, 0) is 24.0 Å². The van der Waals surface area contributed by atoms with Crippen molar-refractivity contribution in [3.05, 3.63) is 41.9 Å². The standard InChI is InChI=1S/C14H16N2O2/c15-7-13-11-3-1-4-12(14-8-16-9-18-14)10(11)5-2-6-17-13/h1,3-4,8-9,13H,2,5-7,15H2/t13-/m0/s1. The van der Waals surface area contributed by atoms with Gasteiger partial charge >= 0.3 is 0 Å². The molecule has 0 bridgehead atoms. The van der Waals surface area contributed by atoms with Crippen LogP contribution in [0.2, 0.25) is 0 Å². The van der Waals surface area contributed by atoms with Crippen LogP contribution in [-0.4, -0.2) is 18.1 Å². The molecule has 3 rings (SSSR count). The molecule has 1 aromatic carbocycles. The fourth-order valence-electron chi connectivity index (χ4n) is 2.52. The Labute approximate surface area is 106 Å². The van der Waals surface area contributed by atoms with Crippen LogP contribution < -0.4 is 5.73 Å². The number of nitrogens with zero attached hydrogens (tertiary/aromatic N) is 1. The number of oxazole rings is 1. The van der Waals surface area contributed by atoms with E-state index in [1.807, 2.05) is 6.07 Å². The van der Waals surface area contributed by atoms with E-state index in [9.17, 15) is 0 Å². The zero-order valence-electron chi connectivity index (χ0n) is 10.1. The van der Waals surface area contributed by atoms with E-state index in [0.29, 0.717) is 6.54 Å². The lowest BCUT2D eigenvalue weighted by Gasteiger charge is -2.17. The fraction of sp³-hybridized carbons (Fsp3) is 0.357. The van der Waals surface area contributed by atoms with Gasteiger partial charge in [0.15, 0.2) is 12.2 Å². The van der Waals surface area contributed by atoms with Crippen molar-refractivity contribution in [2.45, 2.75) is 18.9 Å². The zero-order valence-corrected chi connectivity index (χ0v) is 10.1. The van der Waals surface area contributed by atoms with Crippen LogP contribution in [0, 0.1) is 0 Å². The zero-order chi connectivity index (χ0) is 12.4. The van der Waals surface area contributed by atoms with Crippen LogP contribution in [0.25, 0.3) is 11.3 Å².